The molecular weight excluding hydrogens is 332 g/mol. The zero-order valence-corrected chi connectivity index (χ0v) is 14.8. The Hall–Kier alpha value is -2.39. The predicted molar refractivity (Wildman–Crippen MR) is 90.4 cm³/mol. The number of sulfonamides is 1. The molecule has 1 heterocycles. The van der Waals surface area contributed by atoms with E-state index in [1.165, 1.54) is 26.2 Å². The molecule has 9 heteroatoms. The number of amides is 1. The maximum absolute atomic E-state index is 12.2. The quantitative estimate of drug-likeness (QED) is 0.818. The van der Waals surface area contributed by atoms with E-state index in [9.17, 15) is 13.2 Å². The largest absolute Gasteiger partial charge is 0.376 e. The summed E-state index contributed by atoms with van der Waals surface area (Å²) in [4.78, 5) is 12.1. The van der Waals surface area contributed by atoms with E-state index in [1.807, 2.05) is 6.92 Å². The zero-order valence-electron chi connectivity index (χ0n) is 14.0. The highest BCUT2D eigenvalue weighted by Crippen LogP contribution is 2.21. The molecule has 1 amide bonds. The lowest BCUT2D eigenvalue weighted by molar-refractivity contribution is -0.114. The molecule has 0 bridgehead atoms. The molecule has 0 aliphatic carbocycles. The third-order valence-corrected chi connectivity index (χ3v) is 5.13. The van der Waals surface area contributed by atoms with Gasteiger partial charge >= 0.3 is 0 Å². The van der Waals surface area contributed by atoms with Gasteiger partial charge < -0.3 is 15.2 Å². The SMILES string of the molecule is Cc1cc(NC(=O)CNc2cc(S(=O)(=O)N(C)C)ccc2C)no1. The van der Waals surface area contributed by atoms with E-state index >= 15 is 0 Å². The van der Waals surface area contributed by atoms with Crippen LogP contribution in [-0.2, 0) is 14.8 Å². The zero-order chi connectivity index (χ0) is 17.9. The highest BCUT2D eigenvalue weighted by molar-refractivity contribution is 7.89. The van der Waals surface area contributed by atoms with Crippen molar-refractivity contribution in [1.29, 1.82) is 0 Å². The number of aromatic nitrogens is 1. The number of benzene rings is 1. The molecule has 0 spiro atoms. The predicted octanol–water partition coefficient (Wildman–Crippen LogP) is 1.59. The fourth-order valence-electron chi connectivity index (χ4n) is 1.95. The molecule has 2 rings (SSSR count). The molecule has 2 N–H and O–H groups in total. The maximum atomic E-state index is 12.2. The van der Waals surface area contributed by atoms with Crippen molar-refractivity contribution in [3.63, 3.8) is 0 Å². The van der Waals surface area contributed by atoms with Gasteiger partial charge in [-0.2, -0.15) is 0 Å². The average Bonchev–Trinajstić information content (AvgIpc) is 2.91. The number of nitrogens with one attached hydrogen (secondary N) is 2. The minimum atomic E-state index is -3.53. The summed E-state index contributed by atoms with van der Waals surface area (Å²) in [5.41, 5.74) is 1.40. The third kappa shape index (κ3) is 4.12. The summed E-state index contributed by atoms with van der Waals surface area (Å²) >= 11 is 0. The molecular formula is C15H20N4O4S. The molecule has 0 saturated carbocycles. The fourth-order valence-corrected chi connectivity index (χ4v) is 2.88. The summed E-state index contributed by atoms with van der Waals surface area (Å²) in [6.07, 6.45) is 0. The van der Waals surface area contributed by atoms with Gasteiger partial charge in [-0.1, -0.05) is 11.2 Å². The molecule has 0 saturated heterocycles. The van der Waals surface area contributed by atoms with Crippen LogP contribution in [0.4, 0.5) is 11.5 Å². The van der Waals surface area contributed by atoms with Gasteiger partial charge in [0.1, 0.15) is 5.76 Å². The highest BCUT2D eigenvalue weighted by Gasteiger charge is 2.18. The van der Waals surface area contributed by atoms with Crippen molar-refractivity contribution in [3.8, 4) is 0 Å². The number of carbonyl (C=O) groups excluding carboxylic acids is 1. The molecule has 2 aromatic rings. The number of aryl methyl sites for hydroxylation is 2. The van der Waals surface area contributed by atoms with Crippen LogP contribution in [0.15, 0.2) is 33.7 Å². The number of rotatable bonds is 6. The number of nitrogens with zero attached hydrogens (tertiary/aromatic N) is 2. The van der Waals surface area contributed by atoms with Crippen LogP contribution in [0.3, 0.4) is 0 Å². The van der Waals surface area contributed by atoms with E-state index in [-0.39, 0.29) is 17.3 Å². The van der Waals surface area contributed by atoms with Crippen molar-refractivity contribution in [1.82, 2.24) is 9.46 Å². The summed E-state index contributed by atoms with van der Waals surface area (Å²) in [6, 6.07) is 6.34. The minimum Gasteiger partial charge on any atom is -0.376 e. The molecule has 1 aromatic carbocycles. The molecule has 0 atom stereocenters. The topological polar surface area (TPSA) is 105 Å². The number of hydrogen-bond acceptors (Lipinski definition) is 6. The van der Waals surface area contributed by atoms with Crippen LogP contribution < -0.4 is 10.6 Å². The maximum Gasteiger partial charge on any atom is 0.244 e. The van der Waals surface area contributed by atoms with Gasteiger partial charge in [-0.25, -0.2) is 12.7 Å². The van der Waals surface area contributed by atoms with Crippen LogP contribution in [0.5, 0.6) is 0 Å². The molecule has 0 radical (unpaired) electrons. The Morgan fingerprint density at radius 2 is 1.96 bits per heavy atom. The standard InChI is InChI=1S/C15H20N4O4S/c1-10-5-6-12(24(21,22)19(3)4)8-13(10)16-9-15(20)17-14-7-11(2)23-18-14/h5-8,16H,9H2,1-4H3,(H,17,18,20). The molecule has 24 heavy (non-hydrogen) atoms. The molecule has 1 aromatic heterocycles. The summed E-state index contributed by atoms with van der Waals surface area (Å²) in [6.45, 7) is 3.52. The molecule has 8 nitrogen and oxygen atoms in total. The van der Waals surface area contributed by atoms with Crippen molar-refractivity contribution < 1.29 is 17.7 Å². The fraction of sp³-hybridized carbons (Fsp3) is 0.333. The second-order valence-corrected chi connectivity index (χ2v) is 7.64. The van der Waals surface area contributed by atoms with E-state index in [1.54, 1.807) is 19.1 Å². The summed E-state index contributed by atoms with van der Waals surface area (Å²) in [5, 5.41) is 9.20. The summed E-state index contributed by atoms with van der Waals surface area (Å²) in [7, 11) is -0.594. The average molecular weight is 352 g/mol. The summed E-state index contributed by atoms with van der Waals surface area (Å²) < 4.78 is 30.4. The first-order valence-electron chi connectivity index (χ1n) is 7.20. The lowest BCUT2D eigenvalue weighted by Gasteiger charge is -2.14. The van der Waals surface area contributed by atoms with E-state index in [0.717, 1.165) is 9.87 Å². The second-order valence-electron chi connectivity index (χ2n) is 5.49. The first-order valence-corrected chi connectivity index (χ1v) is 8.64. The van der Waals surface area contributed by atoms with Crippen LogP contribution in [0, 0.1) is 13.8 Å². The first-order chi connectivity index (χ1) is 11.2. The van der Waals surface area contributed by atoms with Crippen LogP contribution >= 0.6 is 0 Å². The normalized spacial score (nSPS) is 11.5. The van der Waals surface area contributed by atoms with Gasteiger partial charge in [0.25, 0.3) is 0 Å². The van der Waals surface area contributed by atoms with Gasteiger partial charge in [0.05, 0.1) is 11.4 Å². The first kappa shape index (κ1) is 18.0. The van der Waals surface area contributed by atoms with Crippen molar-refractivity contribution >= 4 is 27.4 Å². The van der Waals surface area contributed by atoms with E-state index in [0.29, 0.717) is 17.3 Å². The van der Waals surface area contributed by atoms with Crippen LogP contribution in [-0.4, -0.2) is 44.4 Å². The highest BCUT2D eigenvalue weighted by atomic mass is 32.2. The number of carbonyl (C=O) groups is 1. The Balaban J connectivity index is 2.08. The van der Waals surface area contributed by atoms with Crippen molar-refractivity contribution in [2.75, 3.05) is 31.3 Å². The molecule has 0 fully saturated rings. The molecule has 130 valence electrons. The number of anilines is 2. The van der Waals surface area contributed by atoms with E-state index < -0.39 is 10.0 Å². The monoisotopic (exact) mass is 352 g/mol. The second kappa shape index (κ2) is 7.02. The van der Waals surface area contributed by atoms with Gasteiger partial charge in [0.2, 0.25) is 15.9 Å². The van der Waals surface area contributed by atoms with E-state index in [4.69, 9.17) is 4.52 Å². The van der Waals surface area contributed by atoms with Gasteiger partial charge in [0, 0.05) is 25.8 Å². The van der Waals surface area contributed by atoms with Gasteiger partial charge in [-0.3, -0.25) is 4.79 Å². The Kier molecular flexibility index (Phi) is 5.25. The Labute approximate surface area is 140 Å². The lowest BCUT2D eigenvalue weighted by atomic mass is 10.2. The molecule has 0 aliphatic heterocycles. The smallest absolute Gasteiger partial charge is 0.244 e. The number of hydrogen-bond donors (Lipinski definition) is 2. The molecule has 0 aliphatic rings. The Bertz CT molecular complexity index is 843. The lowest BCUT2D eigenvalue weighted by Crippen LogP contribution is -2.24. The minimum absolute atomic E-state index is 0.0296. The van der Waals surface area contributed by atoms with Crippen LogP contribution in [0.1, 0.15) is 11.3 Å². The van der Waals surface area contributed by atoms with Crippen LogP contribution in [0.2, 0.25) is 0 Å². The van der Waals surface area contributed by atoms with Crippen molar-refractivity contribution in [2.24, 2.45) is 0 Å². The molecule has 0 unspecified atom stereocenters. The Morgan fingerprint density at radius 1 is 1.25 bits per heavy atom. The van der Waals surface area contributed by atoms with E-state index in [2.05, 4.69) is 15.8 Å². The van der Waals surface area contributed by atoms with Crippen molar-refractivity contribution in [2.45, 2.75) is 18.7 Å². The summed E-state index contributed by atoms with van der Waals surface area (Å²) in [5.74, 6) is 0.610. The van der Waals surface area contributed by atoms with Gasteiger partial charge in [0.15, 0.2) is 5.82 Å². The van der Waals surface area contributed by atoms with Gasteiger partial charge in [-0.15, -0.1) is 0 Å². The van der Waals surface area contributed by atoms with Gasteiger partial charge in [-0.05, 0) is 31.5 Å². The van der Waals surface area contributed by atoms with Crippen molar-refractivity contribution in [3.05, 3.63) is 35.6 Å². The van der Waals surface area contributed by atoms with Crippen LogP contribution in [0.25, 0.3) is 0 Å². The third-order valence-electron chi connectivity index (χ3n) is 3.32. The Morgan fingerprint density at radius 3 is 2.54 bits per heavy atom.